The molecule has 1 aromatic rings. The van der Waals surface area contributed by atoms with Gasteiger partial charge in [0.05, 0.1) is 6.10 Å². The summed E-state index contributed by atoms with van der Waals surface area (Å²) < 4.78 is 7.09. The molecule has 1 heterocycles. The van der Waals surface area contributed by atoms with Gasteiger partial charge >= 0.3 is 0 Å². The largest absolute Gasteiger partial charge is 0.491 e. The number of rotatable bonds is 4. The van der Waals surface area contributed by atoms with Gasteiger partial charge in [-0.3, -0.25) is 4.90 Å². The Bertz CT molecular complexity index is 411. The van der Waals surface area contributed by atoms with Crippen LogP contribution in [0.4, 0.5) is 0 Å². The zero-order valence-corrected chi connectivity index (χ0v) is 13.7. The van der Waals surface area contributed by atoms with Gasteiger partial charge in [-0.15, -0.1) is 0 Å². The van der Waals surface area contributed by atoms with Gasteiger partial charge in [0, 0.05) is 16.6 Å². The summed E-state index contributed by atoms with van der Waals surface area (Å²) >= 11 is 3.67. The molecule has 3 heteroatoms. The van der Waals surface area contributed by atoms with E-state index in [0.717, 1.165) is 22.7 Å². The molecule has 0 amide bonds. The van der Waals surface area contributed by atoms with E-state index < -0.39 is 0 Å². The first-order valence-electron chi connectivity index (χ1n) is 7.22. The fourth-order valence-electron chi connectivity index (χ4n) is 2.50. The predicted octanol–water partition coefficient (Wildman–Crippen LogP) is 4.47. The summed E-state index contributed by atoms with van der Waals surface area (Å²) in [5.74, 6) is 1.89. The SMILES string of the molecule is CC1CCN(Cc2c(Br)cccc2OC(C)C)CC1. The topological polar surface area (TPSA) is 12.5 Å². The summed E-state index contributed by atoms with van der Waals surface area (Å²) in [4.78, 5) is 2.54. The molecule has 0 N–H and O–H groups in total. The lowest BCUT2D eigenvalue weighted by Gasteiger charge is -2.31. The van der Waals surface area contributed by atoms with Gasteiger partial charge in [0.1, 0.15) is 5.75 Å². The number of hydrogen-bond donors (Lipinski definition) is 0. The van der Waals surface area contributed by atoms with E-state index in [0.29, 0.717) is 0 Å². The molecule has 1 aliphatic rings. The summed E-state index contributed by atoms with van der Waals surface area (Å²) in [6.45, 7) is 9.88. The van der Waals surface area contributed by atoms with Crippen molar-refractivity contribution in [2.24, 2.45) is 5.92 Å². The molecular formula is C16H24BrNO. The number of nitrogens with zero attached hydrogens (tertiary/aromatic N) is 1. The number of halogens is 1. The van der Waals surface area contributed by atoms with Gasteiger partial charge in [-0.25, -0.2) is 0 Å². The van der Waals surface area contributed by atoms with E-state index in [-0.39, 0.29) is 6.10 Å². The predicted molar refractivity (Wildman–Crippen MR) is 83.6 cm³/mol. The molecule has 0 bridgehead atoms. The van der Waals surface area contributed by atoms with Gasteiger partial charge in [-0.05, 0) is 57.8 Å². The molecule has 0 aliphatic carbocycles. The van der Waals surface area contributed by atoms with Gasteiger partial charge in [-0.1, -0.05) is 28.9 Å². The maximum atomic E-state index is 5.93. The van der Waals surface area contributed by atoms with E-state index >= 15 is 0 Å². The molecule has 106 valence electrons. The second-order valence-corrected chi connectivity index (χ2v) is 6.70. The third-order valence-electron chi connectivity index (χ3n) is 3.70. The van der Waals surface area contributed by atoms with Crippen LogP contribution in [0.1, 0.15) is 39.2 Å². The number of ether oxygens (including phenoxy) is 1. The Morgan fingerprint density at radius 1 is 1.32 bits per heavy atom. The first-order chi connectivity index (χ1) is 9.06. The van der Waals surface area contributed by atoms with E-state index in [2.05, 4.69) is 53.7 Å². The highest BCUT2D eigenvalue weighted by molar-refractivity contribution is 9.10. The van der Waals surface area contributed by atoms with Gasteiger partial charge in [0.25, 0.3) is 0 Å². The Balaban J connectivity index is 2.10. The third kappa shape index (κ3) is 4.22. The van der Waals surface area contributed by atoms with Crippen LogP contribution in [0.25, 0.3) is 0 Å². The summed E-state index contributed by atoms with van der Waals surface area (Å²) in [5, 5.41) is 0. The molecule has 0 radical (unpaired) electrons. The van der Waals surface area contributed by atoms with Crippen LogP contribution in [-0.4, -0.2) is 24.1 Å². The maximum Gasteiger partial charge on any atom is 0.125 e. The van der Waals surface area contributed by atoms with Gasteiger partial charge in [-0.2, -0.15) is 0 Å². The number of likely N-dealkylation sites (tertiary alicyclic amines) is 1. The standard InChI is InChI=1S/C16H24BrNO/c1-12(2)19-16-6-4-5-15(17)14(16)11-18-9-7-13(3)8-10-18/h4-6,12-13H,7-11H2,1-3H3. The maximum absolute atomic E-state index is 5.93. The van der Waals surface area contributed by atoms with Crippen molar-refractivity contribution in [1.82, 2.24) is 4.90 Å². The Morgan fingerprint density at radius 2 is 2.00 bits per heavy atom. The van der Waals surface area contributed by atoms with Gasteiger partial charge in [0.2, 0.25) is 0 Å². The summed E-state index contributed by atoms with van der Waals surface area (Å²) in [7, 11) is 0. The summed E-state index contributed by atoms with van der Waals surface area (Å²) in [6.07, 6.45) is 2.84. The van der Waals surface area contributed by atoms with Crippen LogP contribution in [0.5, 0.6) is 5.75 Å². The average molecular weight is 326 g/mol. The lowest BCUT2D eigenvalue weighted by Crippen LogP contribution is -2.32. The van der Waals surface area contributed by atoms with Crippen molar-refractivity contribution in [2.75, 3.05) is 13.1 Å². The molecule has 1 saturated heterocycles. The van der Waals surface area contributed by atoms with Crippen molar-refractivity contribution in [3.8, 4) is 5.75 Å². The van der Waals surface area contributed by atoms with E-state index in [1.807, 2.05) is 6.07 Å². The highest BCUT2D eigenvalue weighted by Crippen LogP contribution is 2.30. The van der Waals surface area contributed by atoms with Gasteiger partial charge < -0.3 is 4.74 Å². The van der Waals surface area contributed by atoms with Crippen molar-refractivity contribution in [3.63, 3.8) is 0 Å². The Morgan fingerprint density at radius 3 is 2.63 bits per heavy atom. The summed E-state index contributed by atoms with van der Waals surface area (Å²) in [5.41, 5.74) is 1.28. The van der Waals surface area contributed by atoms with Crippen LogP contribution >= 0.6 is 15.9 Å². The Kier molecular flexibility index (Phi) is 5.28. The molecule has 0 atom stereocenters. The van der Waals surface area contributed by atoms with E-state index in [1.165, 1.54) is 31.5 Å². The molecule has 0 saturated carbocycles. The normalized spacial score (nSPS) is 17.9. The molecule has 0 unspecified atom stereocenters. The second-order valence-electron chi connectivity index (χ2n) is 5.84. The number of piperidine rings is 1. The molecule has 1 aromatic carbocycles. The number of hydrogen-bond acceptors (Lipinski definition) is 2. The molecule has 2 nitrogen and oxygen atoms in total. The smallest absolute Gasteiger partial charge is 0.125 e. The molecule has 0 spiro atoms. The minimum absolute atomic E-state index is 0.217. The van der Waals surface area contributed by atoms with Crippen LogP contribution in [-0.2, 0) is 6.54 Å². The van der Waals surface area contributed by atoms with Crippen molar-refractivity contribution >= 4 is 15.9 Å². The summed E-state index contributed by atoms with van der Waals surface area (Å²) in [6, 6.07) is 6.23. The molecule has 1 aliphatic heterocycles. The first kappa shape index (κ1) is 14.9. The molecule has 0 aromatic heterocycles. The fraction of sp³-hybridized carbons (Fsp3) is 0.625. The van der Waals surface area contributed by atoms with Crippen molar-refractivity contribution in [2.45, 2.75) is 46.3 Å². The lowest BCUT2D eigenvalue weighted by atomic mass is 9.99. The van der Waals surface area contributed by atoms with Crippen molar-refractivity contribution in [1.29, 1.82) is 0 Å². The minimum Gasteiger partial charge on any atom is -0.491 e. The third-order valence-corrected chi connectivity index (χ3v) is 4.44. The molecule has 2 rings (SSSR count). The molecule has 19 heavy (non-hydrogen) atoms. The molecule has 1 fully saturated rings. The van der Waals surface area contributed by atoms with E-state index in [4.69, 9.17) is 4.74 Å². The minimum atomic E-state index is 0.217. The van der Waals surface area contributed by atoms with Crippen LogP contribution < -0.4 is 4.74 Å². The van der Waals surface area contributed by atoms with Crippen molar-refractivity contribution < 1.29 is 4.74 Å². The highest BCUT2D eigenvalue weighted by atomic mass is 79.9. The quantitative estimate of drug-likeness (QED) is 0.809. The lowest BCUT2D eigenvalue weighted by molar-refractivity contribution is 0.179. The van der Waals surface area contributed by atoms with Crippen molar-refractivity contribution in [3.05, 3.63) is 28.2 Å². The number of benzene rings is 1. The van der Waals surface area contributed by atoms with Crippen LogP contribution in [0.15, 0.2) is 22.7 Å². The monoisotopic (exact) mass is 325 g/mol. The zero-order chi connectivity index (χ0) is 13.8. The Hall–Kier alpha value is -0.540. The average Bonchev–Trinajstić information content (AvgIpc) is 2.35. The molecular weight excluding hydrogens is 302 g/mol. The van der Waals surface area contributed by atoms with Crippen LogP contribution in [0, 0.1) is 5.92 Å². The van der Waals surface area contributed by atoms with Crippen LogP contribution in [0.2, 0.25) is 0 Å². The second kappa shape index (κ2) is 6.76. The van der Waals surface area contributed by atoms with Crippen LogP contribution in [0.3, 0.4) is 0 Å². The first-order valence-corrected chi connectivity index (χ1v) is 8.02. The zero-order valence-electron chi connectivity index (χ0n) is 12.2. The Labute approximate surface area is 125 Å². The fourth-order valence-corrected chi connectivity index (χ4v) is 2.97. The van der Waals surface area contributed by atoms with E-state index in [1.54, 1.807) is 0 Å². The van der Waals surface area contributed by atoms with Gasteiger partial charge in [0.15, 0.2) is 0 Å². The van der Waals surface area contributed by atoms with E-state index in [9.17, 15) is 0 Å². The highest BCUT2D eigenvalue weighted by Gasteiger charge is 2.18.